The van der Waals surface area contributed by atoms with Crippen molar-refractivity contribution in [1.82, 2.24) is 14.8 Å². The predicted octanol–water partition coefficient (Wildman–Crippen LogP) is 1.59. The normalized spacial score (nSPS) is 17.1. The maximum absolute atomic E-state index is 5.97. The highest BCUT2D eigenvalue weighted by Gasteiger charge is 2.28. The molecule has 1 aromatic heterocycles. The summed E-state index contributed by atoms with van der Waals surface area (Å²) in [4.78, 5) is 0. The van der Waals surface area contributed by atoms with E-state index in [1.54, 1.807) is 0 Å². The van der Waals surface area contributed by atoms with Gasteiger partial charge in [0, 0.05) is 18.0 Å². The Kier molecular flexibility index (Phi) is 2.54. The summed E-state index contributed by atoms with van der Waals surface area (Å²) in [5.74, 6) is 2.15. The molecule has 84 valence electrons. The molecule has 1 aromatic rings. The van der Waals surface area contributed by atoms with E-state index in [1.165, 1.54) is 12.8 Å². The molecular weight excluding hydrogens is 188 g/mol. The minimum atomic E-state index is -0.117. The SMILES string of the molecule is Cc1nnc(CCC(C)(C)N)n1C1CC1. The van der Waals surface area contributed by atoms with Gasteiger partial charge in [-0.1, -0.05) is 0 Å². The smallest absolute Gasteiger partial charge is 0.133 e. The minimum Gasteiger partial charge on any atom is -0.326 e. The van der Waals surface area contributed by atoms with Gasteiger partial charge in [0.1, 0.15) is 11.6 Å². The first-order valence-electron chi connectivity index (χ1n) is 5.66. The van der Waals surface area contributed by atoms with Crippen LogP contribution in [0.4, 0.5) is 0 Å². The lowest BCUT2D eigenvalue weighted by molar-refractivity contribution is 0.463. The van der Waals surface area contributed by atoms with Gasteiger partial charge in [-0.3, -0.25) is 0 Å². The Morgan fingerprint density at radius 2 is 2.07 bits per heavy atom. The summed E-state index contributed by atoms with van der Waals surface area (Å²) < 4.78 is 2.28. The van der Waals surface area contributed by atoms with E-state index >= 15 is 0 Å². The summed E-state index contributed by atoms with van der Waals surface area (Å²) in [5, 5.41) is 8.39. The highest BCUT2D eigenvalue weighted by Crippen LogP contribution is 2.36. The van der Waals surface area contributed by atoms with Crippen molar-refractivity contribution in [2.45, 2.75) is 58.0 Å². The van der Waals surface area contributed by atoms with Gasteiger partial charge in [-0.05, 0) is 40.0 Å². The van der Waals surface area contributed by atoms with Crippen LogP contribution in [0, 0.1) is 6.92 Å². The number of nitrogens with two attached hydrogens (primary N) is 1. The molecule has 1 aliphatic rings. The number of nitrogens with zero attached hydrogens (tertiary/aromatic N) is 3. The predicted molar refractivity (Wildman–Crippen MR) is 59.6 cm³/mol. The lowest BCUT2D eigenvalue weighted by atomic mass is 10.00. The molecule has 0 aliphatic heterocycles. The molecule has 1 fully saturated rings. The number of aryl methyl sites for hydroxylation is 2. The van der Waals surface area contributed by atoms with Crippen molar-refractivity contribution in [1.29, 1.82) is 0 Å². The molecule has 1 saturated carbocycles. The number of hydrogen-bond donors (Lipinski definition) is 1. The van der Waals surface area contributed by atoms with E-state index in [-0.39, 0.29) is 5.54 Å². The summed E-state index contributed by atoms with van der Waals surface area (Å²) >= 11 is 0. The molecule has 1 aliphatic carbocycles. The van der Waals surface area contributed by atoms with E-state index < -0.39 is 0 Å². The second-order valence-corrected chi connectivity index (χ2v) is 5.25. The topological polar surface area (TPSA) is 56.7 Å². The fraction of sp³-hybridized carbons (Fsp3) is 0.818. The maximum atomic E-state index is 5.97. The van der Waals surface area contributed by atoms with Crippen LogP contribution in [0.1, 0.15) is 50.8 Å². The van der Waals surface area contributed by atoms with Gasteiger partial charge < -0.3 is 10.3 Å². The van der Waals surface area contributed by atoms with E-state index in [9.17, 15) is 0 Å². The summed E-state index contributed by atoms with van der Waals surface area (Å²) in [7, 11) is 0. The molecule has 1 heterocycles. The van der Waals surface area contributed by atoms with Gasteiger partial charge in [0.05, 0.1) is 0 Å². The number of hydrogen-bond acceptors (Lipinski definition) is 3. The summed E-state index contributed by atoms with van der Waals surface area (Å²) in [6.07, 6.45) is 4.44. The van der Waals surface area contributed by atoms with Crippen LogP contribution in [0.2, 0.25) is 0 Å². The van der Waals surface area contributed by atoms with Gasteiger partial charge in [0.2, 0.25) is 0 Å². The maximum Gasteiger partial charge on any atom is 0.133 e. The van der Waals surface area contributed by atoms with Gasteiger partial charge in [-0.15, -0.1) is 10.2 Å². The van der Waals surface area contributed by atoms with E-state index in [0.717, 1.165) is 24.5 Å². The van der Waals surface area contributed by atoms with Gasteiger partial charge >= 0.3 is 0 Å². The van der Waals surface area contributed by atoms with Gasteiger partial charge in [-0.2, -0.15) is 0 Å². The zero-order chi connectivity index (χ0) is 11.1. The van der Waals surface area contributed by atoms with Gasteiger partial charge in [-0.25, -0.2) is 0 Å². The Labute approximate surface area is 90.9 Å². The van der Waals surface area contributed by atoms with Gasteiger partial charge in [0.25, 0.3) is 0 Å². The van der Waals surface area contributed by atoms with Crippen molar-refractivity contribution in [3.63, 3.8) is 0 Å². The summed E-state index contributed by atoms with van der Waals surface area (Å²) in [6.45, 7) is 6.14. The van der Waals surface area contributed by atoms with E-state index in [1.807, 2.05) is 6.92 Å². The van der Waals surface area contributed by atoms with E-state index in [4.69, 9.17) is 5.73 Å². The van der Waals surface area contributed by atoms with Crippen molar-refractivity contribution < 1.29 is 0 Å². The van der Waals surface area contributed by atoms with Crippen molar-refractivity contribution in [2.24, 2.45) is 5.73 Å². The first kappa shape index (κ1) is 10.6. The molecule has 2 rings (SSSR count). The van der Waals surface area contributed by atoms with Crippen molar-refractivity contribution >= 4 is 0 Å². The molecule has 0 saturated heterocycles. The molecule has 0 unspecified atom stereocenters. The third kappa shape index (κ3) is 2.56. The third-order valence-electron chi connectivity index (χ3n) is 2.84. The Balaban J connectivity index is 2.08. The molecule has 4 heteroatoms. The zero-order valence-electron chi connectivity index (χ0n) is 9.82. The molecule has 15 heavy (non-hydrogen) atoms. The molecule has 0 atom stereocenters. The standard InChI is InChI=1S/C11H20N4/c1-8-13-14-10(6-7-11(2,3)12)15(8)9-4-5-9/h9H,4-7,12H2,1-3H3. The summed E-state index contributed by atoms with van der Waals surface area (Å²) in [6, 6.07) is 0.663. The van der Waals surface area contributed by atoms with Crippen LogP contribution < -0.4 is 5.73 Å². The quantitative estimate of drug-likeness (QED) is 0.817. The van der Waals surface area contributed by atoms with Crippen LogP contribution in [-0.4, -0.2) is 20.3 Å². The Morgan fingerprint density at radius 1 is 1.40 bits per heavy atom. The van der Waals surface area contributed by atoms with Crippen LogP contribution >= 0.6 is 0 Å². The molecule has 4 nitrogen and oxygen atoms in total. The molecule has 0 radical (unpaired) electrons. The average molecular weight is 208 g/mol. The van der Waals surface area contributed by atoms with Crippen LogP contribution in [0.25, 0.3) is 0 Å². The lowest BCUT2D eigenvalue weighted by Gasteiger charge is -2.18. The minimum absolute atomic E-state index is 0.117. The number of aromatic nitrogens is 3. The monoisotopic (exact) mass is 208 g/mol. The Bertz CT molecular complexity index is 344. The molecule has 0 aromatic carbocycles. The summed E-state index contributed by atoms with van der Waals surface area (Å²) in [5.41, 5.74) is 5.86. The van der Waals surface area contributed by atoms with Crippen molar-refractivity contribution in [3.05, 3.63) is 11.6 Å². The Hall–Kier alpha value is -0.900. The van der Waals surface area contributed by atoms with Crippen LogP contribution in [0.15, 0.2) is 0 Å². The zero-order valence-corrected chi connectivity index (χ0v) is 9.82. The lowest BCUT2D eigenvalue weighted by Crippen LogP contribution is -2.32. The molecule has 0 bridgehead atoms. The Morgan fingerprint density at radius 3 is 2.60 bits per heavy atom. The second kappa shape index (κ2) is 3.59. The largest absolute Gasteiger partial charge is 0.326 e. The van der Waals surface area contributed by atoms with Crippen LogP contribution in [-0.2, 0) is 6.42 Å². The fourth-order valence-corrected chi connectivity index (χ4v) is 1.83. The third-order valence-corrected chi connectivity index (χ3v) is 2.84. The fourth-order valence-electron chi connectivity index (χ4n) is 1.83. The molecule has 2 N–H and O–H groups in total. The molecule has 0 spiro atoms. The van der Waals surface area contributed by atoms with E-state index in [0.29, 0.717) is 6.04 Å². The second-order valence-electron chi connectivity index (χ2n) is 5.25. The van der Waals surface area contributed by atoms with Crippen LogP contribution in [0.5, 0.6) is 0 Å². The highest BCUT2D eigenvalue weighted by molar-refractivity contribution is 5.02. The number of rotatable bonds is 4. The van der Waals surface area contributed by atoms with E-state index in [2.05, 4.69) is 28.6 Å². The first-order chi connectivity index (χ1) is 6.97. The average Bonchev–Trinajstić information content (AvgIpc) is 2.87. The van der Waals surface area contributed by atoms with Gasteiger partial charge in [0.15, 0.2) is 0 Å². The molecule has 0 amide bonds. The van der Waals surface area contributed by atoms with Crippen LogP contribution in [0.3, 0.4) is 0 Å². The highest BCUT2D eigenvalue weighted by atomic mass is 15.3. The van der Waals surface area contributed by atoms with Crippen molar-refractivity contribution in [3.8, 4) is 0 Å². The van der Waals surface area contributed by atoms with Crippen molar-refractivity contribution in [2.75, 3.05) is 0 Å². The molecular formula is C11H20N4. The first-order valence-corrected chi connectivity index (χ1v) is 5.66.